The zero-order valence-corrected chi connectivity index (χ0v) is 6.45. The third-order valence-electron chi connectivity index (χ3n) is 1.49. The van der Waals surface area contributed by atoms with Crippen LogP contribution in [0.25, 0.3) is 0 Å². The molecule has 0 atom stereocenters. The summed E-state index contributed by atoms with van der Waals surface area (Å²) in [7, 11) is 1.85. The van der Waals surface area contributed by atoms with E-state index in [9.17, 15) is 4.39 Å². The molecule has 0 aliphatic heterocycles. The molecule has 0 amide bonds. The zero-order chi connectivity index (χ0) is 7.56. The number of hydrogen-bond donors (Lipinski definition) is 0. The first-order valence-electron chi connectivity index (χ1n) is 3.05. The lowest BCUT2D eigenvalue weighted by molar-refractivity contribution is 0.618. The molecule has 10 heavy (non-hydrogen) atoms. The van der Waals surface area contributed by atoms with E-state index in [0.29, 0.717) is 5.56 Å². The minimum atomic E-state index is -0.213. The van der Waals surface area contributed by atoms with Crippen molar-refractivity contribution in [1.82, 2.24) is 0 Å². The Bertz CT molecular complexity index is 217. The minimum Gasteiger partial charge on any atom is -0.207 e. The Balaban J connectivity index is 3.17. The second-order valence-corrected chi connectivity index (χ2v) is 2.44. The SMILES string of the molecule is Bc1cccc(F)c1CCl. The highest BCUT2D eigenvalue weighted by Gasteiger charge is 2.01. The van der Waals surface area contributed by atoms with Crippen molar-refractivity contribution in [3.8, 4) is 0 Å². The maximum Gasteiger partial charge on any atom is 0.139 e. The largest absolute Gasteiger partial charge is 0.207 e. The number of alkyl halides is 1. The van der Waals surface area contributed by atoms with Gasteiger partial charge in [0.15, 0.2) is 0 Å². The molecule has 0 spiro atoms. The van der Waals surface area contributed by atoms with Crippen LogP contribution in [0.1, 0.15) is 5.56 Å². The highest BCUT2D eigenvalue weighted by Crippen LogP contribution is 2.05. The van der Waals surface area contributed by atoms with E-state index < -0.39 is 0 Å². The van der Waals surface area contributed by atoms with Crippen LogP contribution in [-0.2, 0) is 5.88 Å². The van der Waals surface area contributed by atoms with Crippen LogP contribution in [-0.4, -0.2) is 7.85 Å². The summed E-state index contributed by atoms with van der Waals surface area (Å²) in [5.41, 5.74) is 1.51. The molecule has 3 heteroatoms. The summed E-state index contributed by atoms with van der Waals surface area (Å²) in [6.07, 6.45) is 0. The fourth-order valence-corrected chi connectivity index (χ4v) is 1.17. The van der Waals surface area contributed by atoms with Gasteiger partial charge in [-0.25, -0.2) is 4.39 Å². The predicted molar refractivity (Wildman–Crippen MR) is 44.1 cm³/mol. The highest BCUT2D eigenvalue weighted by atomic mass is 35.5. The van der Waals surface area contributed by atoms with Crippen LogP contribution in [0.5, 0.6) is 0 Å². The van der Waals surface area contributed by atoms with Crippen molar-refractivity contribution in [2.75, 3.05) is 0 Å². The average molecular weight is 156 g/mol. The van der Waals surface area contributed by atoms with E-state index in [1.165, 1.54) is 6.07 Å². The van der Waals surface area contributed by atoms with Gasteiger partial charge < -0.3 is 0 Å². The molecule has 0 saturated carbocycles. The van der Waals surface area contributed by atoms with Crippen molar-refractivity contribution in [3.63, 3.8) is 0 Å². The molecule has 52 valence electrons. The van der Waals surface area contributed by atoms with E-state index >= 15 is 0 Å². The Morgan fingerprint density at radius 1 is 1.50 bits per heavy atom. The molecule has 0 nitrogen and oxygen atoms in total. The third-order valence-corrected chi connectivity index (χ3v) is 1.75. The van der Waals surface area contributed by atoms with E-state index in [-0.39, 0.29) is 11.7 Å². The molecule has 0 aliphatic rings. The minimum absolute atomic E-state index is 0.213. The summed E-state index contributed by atoms with van der Waals surface area (Å²) < 4.78 is 12.8. The van der Waals surface area contributed by atoms with Gasteiger partial charge >= 0.3 is 0 Å². The lowest BCUT2D eigenvalue weighted by Gasteiger charge is -2.00. The van der Waals surface area contributed by atoms with Crippen molar-refractivity contribution in [2.24, 2.45) is 0 Å². The summed E-state index contributed by atoms with van der Waals surface area (Å²) in [4.78, 5) is 0. The summed E-state index contributed by atoms with van der Waals surface area (Å²) >= 11 is 5.50. The molecule has 0 bridgehead atoms. The van der Waals surface area contributed by atoms with Crippen LogP contribution in [0.3, 0.4) is 0 Å². The standard InChI is InChI=1S/C7H7BClF/c8-6-2-1-3-7(10)5(6)4-9/h1-3H,4,8H2. The Morgan fingerprint density at radius 2 is 2.20 bits per heavy atom. The fraction of sp³-hybridized carbons (Fsp3) is 0.143. The maximum atomic E-state index is 12.8. The van der Waals surface area contributed by atoms with Crippen LogP contribution in [0, 0.1) is 5.82 Å². The monoisotopic (exact) mass is 156 g/mol. The molecule has 0 unspecified atom stereocenters. The number of benzene rings is 1. The summed E-state index contributed by atoms with van der Waals surface area (Å²) in [6.45, 7) is 0. The first-order chi connectivity index (χ1) is 4.75. The van der Waals surface area contributed by atoms with Crippen molar-refractivity contribution >= 4 is 24.9 Å². The van der Waals surface area contributed by atoms with E-state index in [1.807, 2.05) is 13.9 Å². The van der Waals surface area contributed by atoms with Crippen LogP contribution < -0.4 is 5.46 Å². The van der Waals surface area contributed by atoms with Crippen molar-refractivity contribution in [3.05, 3.63) is 29.6 Å². The molecule has 0 radical (unpaired) electrons. The van der Waals surface area contributed by atoms with Gasteiger partial charge in [0.25, 0.3) is 0 Å². The van der Waals surface area contributed by atoms with E-state index in [2.05, 4.69) is 0 Å². The quantitative estimate of drug-likeness (QED) is 0.417. The highest BCUT2D eigenvalue weighted by molar-refractivity contribution is 6.34. The maximum absolute atomic E-state index is 12.8. The first kappa shape index (κ1) is 7.61. The normalized spacial score (nSPS) is 9.80. The van der Waals surface area contributed by atoms with Gasteiger partial charge in [-0.05, 0) is 11.6 Å². The van der Waals surface area contributed by atoms with Crippen LogP contribution in [0.4, 0.5) is 4.39 Å². The zero-order valence-electron chi connectivity index (χ0n) is 5.70. The van der Waals surface area contributed by atoms with Gasteiger partial charge in [-0.3, -0.25) is 0 Å². The van der Waals surface area contributed by atoms with Gasteiger partial charge in [0.05, 0.1) is 0 Å². The van der Waals surface area contributed by atoms with Gasteiger partial charge in [0.1, 0.15) is 13.7 Å². The first-order valence-corrected chi connectivity index (χ1v) is 3.59. The molecule has 0 heterocycles. The molecule has 0 N–H and O–H groups in total. The molecule has 0 aromatic heterocycles. The van der Waals surface area contributed by atoms with Gasteiger partial charge in [-0.1, -0.05) is 17.6 Å². The molecule has 0 fully saturated rings. The number of halogens is 2. The van der Waals surface area contributed by atoms with Crippen LogP contribution in [0.15, 0.2) is 18.2 Å². The molecule has 1 rings (SSSR count). The Kier molecular flexibility index (Phi) is 2.33. The van der Waals surface area contributed by atoms with Gasteiger partial charge in [0.2, 0.25) is 0 Å². The lowest BCUT2D eigenvalue weighted by atomic mass is 9.91. The average Bonchev–Trinajstić information content (AvgIpc) is 1.88. The van der Waals surface area contributed by atoms with Crippen molar-refractivity contribution < 1.29 is 4.39 Å². The molecule has 0 aliphatic carbocycles. The third kappa shape index (κ3) is 1.32. The Labute approximate surface area is 65.4 Å². The topological polar surface area (TPSA) is 0 Å². The Morgan fingerprint density at radius 3 is 2.60 bits per heavy atom. The summed E-state index contributed by atoms with van der Waals surface area (Å²) in [6, 6.07) is 4.95. The van der Waals surface area contributed by atoms with Gasteiger partial charge in [0, 0.05) is 5.88 Å². The van der Waals surface area contributed by atoms with Gasteiger partial charge in [-0.2, -0.15) is 0 Å². The van der Waals surface area contributed by atoms with Gasteiger partial charge in [-0.15, -0.1) is 11.6 Å². The molecule has 1 aromatic rings. The second kappa shape index (κ2) is 3.06. The molecule has 0 saturated heterocycles. The predicted octanol–water partition coefficient (Wildman–Crippen LogP) is 0.823. The summed E-state index contributed by atoms with van der Waals surface area (Å²) in [5, 5.41) is 0. The molecular weight excluding hydrogens is 149 g/mol. The summed E-state index contributed by atoms with van der Waals surface area (Å²) in [5.74, 6) is 0.0356. The lowest BCUT2D eigenvalue weighted by Crippen LogP contribution is -2.10. The van der Waals surface area contributed by atoms with Crippen molar-refractivity contribution in [1.29, 1.82) is 0 Å². The van der Waals surface area contributed by atoms with E-state index in [1.54, 1.807) is 6.07 Å². The van der Waals surface area contributed by atoms with Crippen molar-refractivity contribution in [2.45, 2.75) is 5.88 Å². The Hall–Kier alpha value is -0.495. The molecule has 1 aromatic carbocycles. The fourth-order valence-electron chi connectivity index (χ4n) is 0.836. The van der Waals surface area contributed by atoms with Crippen LogP contribution >= 0.6 is 11.6 Å². The van der Waals surface area contributed by atoms with E-state index in [0.717, 1.165) is 5.46 Å². The molecular formula is C7H7BClF. The van der Waals surface area contributed by atoms with Crippen LogP contribution in [0.2, 0.25) is 0 Å². The smallest absolute Gasteiger partial charge is 0.139 e. The number of rotatable bonds is 1. The second-order valence-electron chi connectivity index (χ2n) is 2.17. The number of hydrogen-bond acceptors (Lipinski definition) is 0. The van der Waals surface area contributed by atoms with E-state index in [4.69, 9.17) is 11.6 Å².